The summed E-state index contributed by atoms with van der Waals surface area (Å²) in [5, 5.41) is 0. The Morgan fingerprint density at radius 2 is 1.80 bits per heavy atom. The Labute approximate surface area is 87.8 Å². The van der Waals surface area contributed by atoms with Gasteiger partial charge >= 0.3 is 0 Å². The first-order chi connectivity index (χ1) is 7.18. The highest BCUT2D eigenvalue weighted by Gasteiger charge is 2.00. The van der Waals surface area contributed by atoms with E-state index in [9.17, 15) is 4.79 Å². The van der Waals surface area contributed by atoms with Crippen LogP contribution in [0.2, 0.25) is 0 Å². The second kappa shape index (κ2) is 3.61. The van der Waals surface area contributed by atoms with Crippen LogP contribution in [-0.4, -0.2) is 4.57 Å². The van der Waals surface area contributed by atoms with Crippen LogP contribution in [0.15, 0.2) is 47.4 Å². The lowest BCUT2D eigenvalue weighted by atomic mass is 10.2. The maximum Gasteiger partial charge on any atom is 0.257 e. The summed E-state index contributed by atoms with van der Waals surface area (Å²) in [6.45, 7) is 1.80. The first kappa shape index (κ1) is 9.52. The Hall–Kier alpha value is -2.03. The summed E-state index contributed by atoms with van der Waals surface area (Å²) in [5.41, 5.74) is 7.84. The van der Waals surface area contributed by atoms with E-state index in [-0.39, 0.29) is 5.56 Å². The van der Waals surface area contributed by atoms with Crippen LogP contribution in [0.1, 0.15) is 5.56 Å². The molecule has 1 aromatic heterocycles. The standard InChI is InChI=1S/C12H12N2O/c1-9-3-2-8-14(12(9)15)11-6-4-10(13)5-7-11/h2-8H,13H2,1H3. The van der Waals surface area contributed by atoms with Crippen molar-refractivity contribution in [1.29, 1.82) is 0 Å². The highest BCUT2D eigenvalue weighted by atomic mass is 16.1. The van der Waals surface area contributed by atoms with Crippen molar-refractivity contribution in [3.05, 3.63) is 58.5 Å². The molecule has 1 heterocycles. The molecule has 2 rings (SSSR count). The molecule has 2 aromatic rings. The average Bonchev–Trinajstić information content (AvgIpc) is 2.24. The third kappa shape index (κ3) is 1.76. The van der Waals surface area contributed by atoms with E-state index in [0.717, 1.165) is 11.3 Å². The Morgan fingerprint density at radius 3 is 2.47 bits per heavy atom. The number of rotatable bonds is 1. The van der Waals surface area contributed by atoms with E-state index in [1.807, 2.05) is 18.2 Å². The van der Waals surface area contributed by atoms with Crippen molar-refractivity contribution in [2.45, 2.75) is 6.92 Å². The number of pyridine rings is 1. The summed E-state index contributed by atoms with van der Waals surface area (Å²) in [6.07, 6.45) is 1.75. The number of hydrogen-bond acceptors (Lipinski definition) is 2. The second-order valence-corrected chi connectivity index (χ2v) is 3.46. The molecular weight excluding hydrogens is 188 g/mol. The quantitative estimate of drug-likeness (QED) is 0.712. The topological polar surface area (TPSA) is 48.0 Å². The molecule has 0 amide bonds. The van der Waals surface area contributed by atoms with Crippen LogP contribution in [-0.2, 0) is 0 Å². The minimum absolute atomic E-state index is 0.00210. The van der Waals surface area contributed by atoms with E-state index in [4.69, 9.17) is 5.73 Å². The summed E-state index contributed by atoms with van der Waals surface area (Å²) < 4.78 is 1.61. The normalized spacial score (nSPS) is 10.2. The molecule has 1 aromatic carbocycles. The van der Waals surface area contributed by atoms with E-state index in [1.165, 1.54) is 0 Å². The molecular formula is C12H12N2O. The van der Waals surface area contributed by atoms with E-state index in [2.05, 4.69) is 0 Å². The summed E-state index contributed by atoms with van der Waals surface area (Å²) in [6, 6.07) is 10.9. The molecule has 0 atom stereocenters. The van der Waals surface area contributed by atoms with Crippen molar-refractivity contribution in [2.24, 2.45) is 0 Å². The van der Waals surface area contributed by atoms with Gasteiger partial charge in [-0.15, -0.1) is 0 Å². The maximum absolute atomic E-state index is 11.8. The first-order valence-electron chi connectivity index (χ1n) is 4.72. The van der Waals surface area contributed by atoms with Crippen molar-refractivity contribution in [3.8, 4) is 5.69 Å². The van der Waals surface area contributed by atoms with Gasteiger partial charge in [0.25, 0.3) is 5.56 Å². The molecule has 0 aliphatic carbocycles. The van der Waals surface area contributed by atoms with Crippen LogP contribution < -0.4 is 11.3 Å². The fourth-order valence-electron chi connectivity index (χ4n) is 1.44. The van der Waals surface area contributed by atoms with Crippen LogP contribution in [0.25, 0.3) is 5.69 Å². The Kier molecular flexibility index (Phi) is 2.29. The van der Waals surface area contributed by atoms with Gasteiger partial charge in [0.05, 0.1) is 0 Å². The number of benzene rings is 1. The zero-order chi connectivity index (χ0) is 10.8. The third-order valence-corrected chi connectivity index (χ3v) is 2.31. The van der Waals surface area contributed by atoms with Gasteiger partial charge < -0.3 is 5.73 Å². The summed E-state index contributed by atoms with van der Waals surface area (Å²) in [7, 11) is 0. The van der Waals surface area contributed by atoms with Crippen molar-refractivity contribution < 1.29 is 0 Å². The molecule has 3 nitrogen and oxygen atoms in total. The molecule has 0 saturated carbocycles. The van der Waals surface area contributed by atoms with Crippen molar-refractivity contribution in [3.63, 3.8) is 0 Å². The third-order valence-electron chi connectivity index (χ3n) is 2.31. The predicted molar refractivity (Wildman–Crippen MR) is 61.2 cm³/mol. The predicted octanol–water partition coefficient (Wildman–Crippen LogP) is 1.73. The van der Waals surface area contributed by atoms with E-state index in [0.29, 0.717) is 5.69 Å². The number of anilines is 1. The molecule has 76 valence electrons. The van der Waals surface area contributed by atoms with Crippen LogP contribution in [0.4, 0.5) is 5.69 Å². The number of nitrogens with two attached hydrogens (primary N) is 1. The molecule has 0 aliphatic rings. The van der Waals surface area contributed by atoms with Crippen LogP contribution in [0.5, 0.6) is 0 Å². The maximum atomic E-state index is 11.8. The first-order valence-corrected chi connectivity index (χ1v) is 4.72. The molecule has 0 saturated heterocycles. The highest BCUT2D eigenvalue weighted by Crippen LogP contribution is 2.08. The zero-order valence-electron chi connectivity index (χ0n) is 8.47. The van der Waals surface area contributed by atoms with Gasteiger partial charge in [-0.1, -0.05) is 6.07 Å². The Bertz CT molecular complexity index is 526. The molecule has 3 heteroatoms. The largest absolute Gasteiger partial charge is 0.399 e. The molecule has 2 N–H and O–H groups in total. The van der Waals surface area contributed by atoms with Gasteiger partial charge in [0.1, 0.15) is 0 Å². The van der Waals surface area contributed by atoms with Crippen molar-refractivity contribution in [1.82, 2.24) is 4.57 Å². The van der Waals surface area contributed by atoms with Crippen molar-refractivity contribution in [2.75, 3.05) is 5.73 Å². The summed E-state index contributed by atoms with van der Waals surface area (Å²) in [5.74, 6) is 0. The highest BCUT2D eigenvalue weighted by molar-refractivity contribution is 5.45. The van der Waals surface area contributed by atoms with E-state index < -0.39 is 0 Å². The number of hydrogen-bond donors (Lipinski definition) is 1. The fraction of sp³-hybridized carbons (Fsp3) is 0.0833. The van der Waals surface area contributed by atoms with E-state index in [1.54, 1.807) is 35.9 Å². The van der Waals surface area contributed by atoms with Gasteiger partial charge in [-0.25, -0.2) is 0 Å². The smallest absolute Gasteiger partial charge is 0.257 e. The Morgan fingerprint density at radius 1 is 1.13 bits per heavy atom. The minimum Gasteiger partial charge on any atom is -0.399 e. The van der Waals surface area contributed by atoms with Crippen LogP contribution in [0, 0.1) is 6.92 Å². The molecule has 0 bridgehead atoms. The lowest BCUT2D eigenvalue weighted by Gasteiger charge is -2.06. The average molecular weight is 200 g/mol. The zero-order valence-corrected chi connectivity index (χ0v) is 8.47. The molecule has 0 aliphatic heterocycles. The van der Waals surface area contributed by atoms with Gasteiger partial charge in [0.2, 0.25) is 0 Å². The lowest BCUT2D eigenvalue weighted by molar-refractivity contribution is 0.971. The number of aryl methyl sites for hydroxylation is 1. The van der Waals surface area contributed by atoms with Gasteiger partial charge in [-0.05, 0) is 37.3 Å². The minimum atomic E-state index is 0.00210. The summed E-state index contributed by atoms with van der Waals surface area (Å²) in [4.78, 5) is 11.8. The van der Waals surface area contributed by atoms with Crippen molar-refractivity contribution >= 4 is 5.69 Å². The van der Waals surface area contributed by atoms with Crippen LogP contribution in [0.3, 0.4) is 0 Å². The van der Waals surface area contributed by atoms with Crippen LogP contribution >= 0.6 is 0 Å². The number of nitrogens with zero attached hydrogens (tertiary/aromatic N) is 1. The monoisotopic (exact) mass is 200 g/mol. The SMILES string of the molecule is Cc1cccn(-c2ccc(N)cc2)c1=O. The molecule has 0 unspecified atom stereocenters. The van der Waals surface area contributed by atoms with Gasteiger partial charge in [-0.3, -0.25) is 9.36 Å². The summed E-state index contributed by atoms with van der Waals surface area (Å²) >= 11 is 0. The Balaban J connectivity index is 2.59. The number of nitrogen functional groups attached to an aromatic ring is 1. The van der Waals surface area contributed by atoms with E-state index >= 15 is 0 Å². The second-order valence-electron chi connectivity index (χ2n) is 3.46. The molecule has 0 radical (unpaired) electrons. The molecule has 0 fully saturated rings. The number of aromatic nitrogens is 1. The van der Waals surface area contributed by atoms with Gasteiger partial charge in [0.15, 0.2) is 0 Å². The van der Waals surface area contributed by atoms with Gasteiger partial charge in [-0.2, -0.15) is 0 Å². The fourth-order valence-corrected chi connectivity index (χ4v) is 1.44. The molecule has 15 heavy (non-hydrogen) atoms. The molecule has 0 spiro atoms. The lowest BCUT2D eigenvalue weighted by Crippen LogP contribution is -2.19. The van der Waals surface area contributed by atoms with Gasteiger partial charge in [0, 0.05) is 23.1 Å².